The van der Waals surface area contributed by atoms with E-state index < -0.39 is 5.97 Å². The Labute approximate surface area is 90.3 Å². The minimum atomic E-state index is -0.833. The molecule has 1 amide bonds. The van der Waals surface area contributed by atoms with Gasteiger partial charge in [0.1, 0.15) is 0 Å². The normalized spacial score (nSPS) is 15.0. The molecule has 0 heterocycles. The zero-order chi connectivity index (χ0) is 11.3. The summed E-state index contributed by atoms with van der Waals surface area (Å²) in [5, 5.41) is 8.59. The van der Waals surface area contributed by atoms with Gasteiger partial charge in [-0.15, -0.1) is 0 Å². The molecular weight excluding hydrogens is 194 g/mol. The Hall–Kier alpha value is -1.06. The van der Waals surface area contributed by atoms with Crippen LogP contribution in [0.2, 0.25) is 0 Å². The first-order valence-electron chi connectivity index (χ1n) is 5.65. The van der Waals surface area contributed by atoms with Crippen molar-refractivity contribution in [2.24, 2.45) is 5.92 Å². The Balaban J connectivity index is 2.36. The molecule has 1 saturated carbocycles. The number of rotatable bonds is 7. The van der Waals surface area contributed by atoms with Crippen LogP contribution in [0.3, 0.4) is 0 Å². The molecule has 0 aromatic heterocycles. The second kappa shape index (κ2) is 5.73. The molecule has 0 bridgehead atoms. The van der Waals surface area contributed by atoms with E-state index in [-0.39, 0.29) is 18.2 Å². The lowest BCUT2D eigenvalue weighted by Gasteiger charge is -2.21. The van der Waals surface area contributed by atoms with Crippen LogP contribution in [0.25, 0.3) is 0 Å². The summed E-state index contributed by atoms with van der Waals surface area (Å²) in [5.74, 6) is -0.486. The standard InChI is InChI=1S/C11H19NO3/c1-2-3-7-12(8-6-10(13)14)11(15)9-4-5-9/h9H,2-8H2,1H3,(H,13,14). The summed E-state index contributed by atoms with van der Waals surface area (Å²) >= 11 is 0. The van der Waals surface area contributed by atoms with Gasteiger partial charge in [0.05, 0.1) is 6.42 Å². The van der Waals surface area contributed by atoms with E-state index in [1.807, 2.05) is 0 Å². The van der Waals surface area contributed by atoms with E-state index in [2.05, 4.69) is 6.92 Å². The summed E-state index contributed by atoms with van der Waals surface area (Å²) in [6.07, 6.45) is 4.00. The van der Waals surface area contributed by atoms with Gasteiger partial charge in [-0.2, -0.15) is 0 Å². The maximum absolute atomic E-state index is 11.8. The summed E-state index contributed by atoms with van der Waals surface area (Å²) in [5.41, 5.74) is 0. The molecule has 4 heteroatoms. The maximum atomic E-state index is 11.8. The van der Waals surface area contributed by atoms with Crippen LogP contribution in [-0.4, -0.2) is 35.0 Å². The predicted molar refractivity (Wildman–Crippen MR) is 56.5 cm³/mol. The van der Waals surface area contributed by atoms with Crippen molar-refractivity contribution in [1.82, 2.24) is 4.90 Å². The number of carbonyl (C=O) groups excluding carboxylic acids is 1. The van der Waals surface area contributed by atoms with Crippen molar-refractivity contribution >= 4 is 11.9 Å². The smallest absolute Gasteiger partial charge is 0.305 e. The Morgan fingerprint density at radius 3 is 2.47 bits per heavy atom. The van der Waals surface area contributed by atoms with E-state index >= 15 is 0 Å². The van der Waals surface area contributed by atoms with Gasteiger partial charge in [0.2, 0.25) is 5.91 Å². The molecule has 1 N–H and O–H groups in total. The van der Waals surface area contributed by atoms with Crippen LogP contribution in [-0.2, 0) is 9.59 Å². The summed E-state index contributed by atoms with van der Waals surface area (Å²) in [6, 6.07) is 0. The summed E-state index contributed by atoms with van der Waals surface area (Å²) in [4.78, 5) is 23.9. The third-order valence-corrected chi connectivity index (χ3v) is 2.62. The fourth-order valence-corrected chi connectivity index (χ4v) is 1.50. The molecule has 1 fully saturated rings. The molecule has 0 radical (unpaired) electrons. The van der Waals surface area contributed by atoms with Crippen molar-refractivity contribution in [1.29, 1.82) is 0 Å². The predicted octanol–water partition coefficient (Wildman–Crippen LogP) is 1.50. The lowest BCUT2D eigenvalue weighted by atomic mass is 10.2. The molecule has 0 aromatic carbocycles. The number of carbonyl (C=O) groups is 2. The van der Waals surface area contributed by atoms with E-state index in [4.69, 9.17) is 5.11 Å². The number of nitrogens with zero attached hydrogens (tertiary/aromatic N) is 1. The van der Waals surface area contributed by atoms with Gasteiger partial charge in [-0.05, 0) is 19.3 Å². The molecule has 15 heavy (non-hydrogen) atoms. The van der Waals surface area contributed by atoms with Gasteiger partial charge in [0, 0.05) is 19.0 Å². The highest BCUT2D eigenvalue weighted by Gasteiger charge is 2.33. The van der Waals surface area contributed by atoms with Crippen molar-refractivity contribution in [3.63, 3.8) is 0 Å². The van der Waals surface area contributed by atoms with Crippen LogP contribution < -0.4 is 0 Å². The second-order valence-electron chi connectivity index (χ2n) is 4.10. The molecule has 4 nitrogen and oxygen atoms in total. The largest absolute Gasteiger partial charge is 0.481 e. The van der Waals surface area contributed by atoms with E-state index in [1.54, 1.807) is 4.90 Å². The van der Waals surface area contributed by atoms with Gasteiger partial charge < -0.3 is 10.0 Å². The van der Waals surface area contributed by atoms with Crippen molar-refractivity contribution in [2.75, 3.05) is 13.1 Å². The highest BCUT2D eigenvalue weighted by molar-refractivity contribution is 5.81. The molecule has 0 aliphatic heterocycles. The highest BCUT2D eigenvalue weighted by atomic mass is 16.4. The van der Waals surface area contributed by atoms with Crippen LogP contribution in [0, 0.1) is 5.92 Å². The molecule has 0 atom stereocenters. The van der Waals surface area contributed by atoms with Crippen molar-refractivity contribution < 1.29 is 14.7 Å². The minimum Gasteiger partial charge on any atom is -0.481 e. The average molecular weight is 213 g/mol. The van der Waals surface area contributed by atoms with Crippen LogP contribution in [0.1, 0.15) is 39.0 Å². The number of amides is 1. The van der Waals surface area contributed by atoms with Gasteiger partial charge in [0.25, 0.3) is 0 Å². The van der Waals surface area contributed by atoms with Gasteiger partial charge in [0.15, 0.2) is 0 Å². The number of carboxylic acids is 1. The molecule has 1 rings (SSSR count). The van der Waals surface area contributed by atoms with Gasteiger partial charge in [-0.3, -0.25) is 9.59 Å². The van der Waals surface area contributed by atoms with Crippen molar-refractivity contribution in [2.45, 2.75) is 39.0 Å². The third-order valence-electron chi connectivity index (χ3n) is 2.62. The van der Waals surface area contributed by atoms with Crippen molar-refractivity contribution in [3.05, 3.63) is 0 Å². The molecule has 0 saturated heterocycles. The number of unbranched alkanes of at least 4 members (excludes halogenated alkanes) is 1. The van der Waals surface area contributed by atoms with E-state index in [1.165, 1.54) is 0 Å². The SMILES string of the molecule is CCCCN(CCC(=O)O)C(=O)C1CC1. The first kappa shape index (κ1) is 12.0. The van der Waals surface area contributed by atoms with E-state index in [0.29, 0.717) is 13.1 Å². The highest BCUT2D eigenvalue weighted by Crippen LogP contribution is 2.31. The quantitative estimate of drug-likeness (QED) is 0.697. The first-order chi connectivity index (χ1) is 7.15. The van der Waals surface area contributed by atoms with Crippen molar-refractivity contribution in [3.8, 4) is 0 Å². The lowest BCUT2D eigenvalue weighted by molar-refractivity contribution is -0.138. The fourth-order valence-electron chi connectivity index (χ4n) is 1.50. The summed E-state index contributed by atoms with van der Waals surface area (Å²) in [6.45, 7) is 3.14. The molecule has 0 spiro atoms. The minimum absolute atomic E-state index is 0.0577. The number of carboxylic acid groups (broad SMARTS) is 1. The van der Waals surface area contributed by atoms with Crippen LogP contribution in [0.4, 0.5) is 0 Å². The Morgan fingerprint density at radius 2 is 2.00 bits per heavy atom. The number of hydrogen-bond acceptors (Lipinski definition) is 2. The van der Waals surface area contributed by atoms with Gasteiger partial charge in [-0.25, -0.2) is 0 Å². The maximum Gasteiger partial charge on any atom is 0.305 e. The topological polar surface area (TPSA) is 57.6 Å². The first-order valence-corrected chi connectivity index (χ1v) is 5.65. The summed E-state index contributed by atoms with van der Waals surface area (Å²) < 4.78 is 0. The third kappa shape index (κ3) is 4.32. The molecule has 1 aliphatic carbocycles. The Morgan fingerprint density at radius 1 is 1.33 bits per heavy atom. The molecule has 0 aromatic rings. The van der Waals surface area contributed by atoms with Crippen LogP contribution in [0.5, 0.6) is 0 Å². The molecular formula is C11H19NO3. The fraction of sp³-hybridized carbons (Fsp3) is 0.818. The Kier molecular flexibility index (Phi) is 4.59. The molecule has 86 valence electrons. The zero-order valence-electron chi connectivity index (χ0n) is 9.24. The second-order valence-corrected chi connectivity index (χ2v) is 4.10. The van der Waals surface area contributed by atoms with E-state index in [9.17, 15) is 9.59 Å². The van der Waals surface area contributed by atoms with Gasteiger partial charge in [-0.1, -0.05) is 13.3 Å². The molecule has 0 unspecified atom stereocenters. The Bertz CT molecular complexity index is 236. The number of hydrogen-bond donors (Lipinski definition) is 1. The van der Waals surface area contributed by atoms with Gasteiger partial charge >= 0.3 is 5.97 Å². The molecule has 1 aliphatic rings. The van der Waals surface area contributed by atoms with E-state index in [0.717, 1.165) is 25.7 Å². The zero-order valence-corrected chi connectivity index (χ0v) is 9.24. The average Bonchev–Trinajstić information content (AvgIpc) is 3.00. The number of aliphatic carboxylic acids is 1. The monoisotopic (exact) mass is 213 g/mol. The van der Waals surface area contributed by atoms with Crippen LogP contribution >= 0.6 is 0 Å². The van der Waals surface area contributed by atoms with Crippen LogP contribution in [0.15, 0.2) is 0 Å². The lowest BCUT2D eigenvalue weighted by Crippen LogP contribution is -2.35. The summed E-state index contributed by atoms with van der Waals surface area (Å²) in [7, 11) is 0.